The molecular weight excluding hydrogens is 356 g/mol. The molecule has 1 aromatic heterocycles. The van der Waals surface area contributed by atoms with Crippen LogP contribution in [0.2, 0.25) is 0 Å². The predicted molar refractivity (Wildman–Crippen MR) is 97.2 cm³/mol. The zero-order valence-electron chi connectivity index (χ0n) is 14.8. The Morgan fingerprint density at radius 3 is 2.69 bits per heavy atom. The summed E-state index contributed by atoms with van der Waals surface area (Å²) in [5.74, 6) is -1.70. The van der Waals surface area contributed by atoms with Crippen molar-refractivity contribution >= 4 is 34.6 Å². The molecule has 0 spiro atoms. The van der Waals surface area contributed by atoms with E-state index >= 15 is 0 Å². The molecular formula is C18H21N2O5S-. The Kier molecular flexibility index (Phi) is 7.20. The molecule has 8 heteroatoms. The Balaban J connectivity index is 2.45. The summed E-state index contributed by atoms with van der Waals surface area (Å²) in [5.41, 5.74) is -0.0216. The minimum atomic E-state index is -1.33. The van der Waals surface area contributed by atoms with Crippen LogP contribution in [-0.2, 0) is 16.1 Å². The number of carboxylic acids is 1. The van der Waals surface area contributed by atoms with E-state index in [9.17, 15) is 19.5 Å². The third-order valence-electron chi connectivity index (χ3n) is 3.77. The number of thioether (sulfide) groups is 1. The van der Waals surface area contributed by atoms with Crippen molar-refractivity contribution in [3.8, 4) is 0 Å². The predicted octanol–water partition coefficient (Wildman–Crippen LogP) is 1.61. The molecule has 1 aromatic carbocycles. The highest BCUT2D eigenvalue weighted by atomic mass is 32.2. The number of ether oxygens (including phenoxy) is 1. The van der Waals surface area contributed by atoms with E-state index in [1.54, 1.807) is 11.5 Å². The summed E-state index contributed by atoms with van der Waals surface area (Å²) in [4.78, 5) is 39.9. The van der Waals surface area contributed by atoms with Gasteiger partial charge in [0.15, 0.2) is 5.16 Å². The van der Waals surface area contributed by atoms with Gasteiger partial charge in [-0.25, -0.2) is 4.98 Å². The molecule has 0 unspecified atom stereocenters. The lowest BCUT2D eigenvalue weighted by molar-refractivity contribution is -0.255. The second kappa shape index (κ2) is 9.38. The first-order valence-electron chi connectivity index (χ1n) is 8.52. The van der Waals surface area contributed by atoms with Gasteiger partial charge in [-0.2, -0.15) is 0 Å². The van der Waals surface area contributed by atoms with Crippen LogP contribution >= 0.6 is 11.8 Å². The first kappa shape index (κ1) is 20.0. The Labute approximate surface area is 155 Å². The second-order valence-corrected chi connectivity index (χ2v) is 6.61. The zero-order valence-corrected chi connectivity index (χ0v) is 15.6. The molecule has 0 aliphatic rings. The molecule has 0 atom stereocenters. The zero-order chi connectivity index (χ0) is 19.1. The number of esters is 1. The van der Waals surface area contributed by atoms with E-state index < -0.39 is 11.9 Å². The summed E-state index contributed by atoms with van der Waals surface area (Å²) >= 11 is 1.11. The van der Waals surface area contributed by atoms with Crippen LogP contribution in [-0.4, -0.2) is 33.8 Å². The number of hydrogen-bond acceptors (Lipinski definition) is 7. The summed E-state index contributed by atoms with van der Waals surface area (Å²) in [6, 6.07) is 4.10. The summed E-state index contributed by atoms with van der Waals surface area (Å²) in [6.07, 6.45) is 2.79. The fourth-order valence-electron chi connectivity index (χ4n) is 2.48. The smallest absolute Gasteiger partial charge is 0.316 e. The molecule has 0 radical (unpaired) electrons. The molecule has 0 bridgehead atoms. The van der Waals surface area contributed by atoms with Crippen LogP contribution in [0.5, 0.6) is 0 Å². The van der Waals surface area contributed by atoms with Gasteiger partial charge in [0, 0.05) is 6.54 Å². The highest BCUT2D eigenvalue weighted by Crippen LogP contribution is 2.19. The van der Waals surface area contributed by atoms with Crippen molar-refractivity contribution in [1.29, 1.82) is 0 Å². The molecule has 140 valence electrons. The SMILES string of the molecule is CCCCCn1c(SCC(=O)OCC)nc2cc(C(=O)[O-])ccc2c1=O. The summed E-state index contributed by atoms with van der Waals surface area (Å²) in [7, 11) is 0. The topological polar surface area (TPSA) is 101 Å². The summed E-state index contributed by atoms with van der Waals surface area (Å²) in [6.45, 7) is 4.56. The first-order valence-corrected chi connectivity index (χ1v) is 9.50. The molecule has 0 aliphatic heterocycles. The van der Waals surface area contributed by atoms with E-state index in [4.69, 9.17) is 4.74 Å². The van der Waals surface area contributed by atoms with Gasteiger partial charge >= 0.3 is 5.97 Å². The second-order valence-electron chi connectivity index (χ2n) is 5.67. The van der Waals surface area contributed by atoms with Crippen molar-refractivity contribution in [2.45, 2.75) is 44.8 Å². The maximum atomic E-state index is 12.8. The Bertz CT molecular complexity index is 863. The molecule has 0 saturated carbocycles. The standard InChI is InChI=1S/C18H22N2O5S/c1-3-5-6-9-20-16(22)13-8-7-12(17(23)24)10-14(13)19-18(20)26-11-15(21)25-4-2/h7-8,10H,3-6,9,11H2,1-2H3,(H,23,24)/p-1. The summed E-state index contributed by atoms with van der Waals surface area (Å²) in [5, 5.41) is 11.8. The van der Waals surface area contributed by atoms with Crippen LogP contribution in [0.15, 0.2) is 28.2 Å². The number of carbonyl (C=O) groups is 2. The number of rotatable bonds is 9. The largest absolute Gasteiger partial charge is 0.545 e. The number of nitrogens with zero attached hydrogens (tertiary/aromatic N) is 2. The van der Waals surface area contributed by atoms with Crippen molar-refractivity contribution in [1.82, 2.24) is 9.55 Å². The van der Waals surface area contributed by atoms with Gasteiger partial charge < -0.3 is 14.6 Å². The lowest BCUT2D eigenvalue weighted by Crippen LogP contribution is -2.25. The minimum absolute atomic E-state index is 0.0275. The van der Waals surface area contributed by atoms with Crippen molar-refractivity contribution in [2.75, 3.05) is 12.4 Å². The monoisotopic (exact) mass is 377 g/mol. The van der Waals surface area contributed by atoms with E-state index in [1.165, 1.54) is 18.2 Å². The molecule has 1 heterocycles. The van der Waals surface area contributed by atoms with Gasteiger partial charge in [0.1, 0.15) is 0 Å². The molecule has 0 fully saturated rings. The molecule has 0 saturated heterocycles. The highest BCUT2D eigenvalue weighted by molar-refractivity contribution is 7.99. The van der Waals surface area contributed by atoms with Crippen LogP contribution in [0.3, 0.4) is 0 Å². The number of unbranched alkanes of at least 4 members (excludes halogenated alkanes) is 2. The van der Waals surface area contributed by atoms with Gasteiger partial charge in [-0.15, -0.1) is 0 Å². The molecule has 2 rings (SSSR count). The highest BCUT2D eigenvalue weighted by Gasteiger charge is 2.14. The van der Waals surface area contributed by atoms with Gasteiger partial charge in [-0.05, 0) is 31.0 Å². The van der Waals surface area contributed by atoms with Gasteiger partial charge in [0.05, 0.1) is 29.2 Å². The summed E-state index contributed by atoms with van der Waals surface area (Å²) < 4.78 is 6.45. The third kappa shape index (κ3) is 4.85. The van der Waals surface area contributed by atoms with Gasteiger partial charge in [0.25, 0.3) is 5.56 Å². The number of hydrogen-bond donors (Lipinski definition) is 0. The maximum absolute atomic E-state index is 12.8. The van der Waals surface area contributed by atoms with E-state index in [1.807, 2.05) is 0 Å². The van der Waals surface area contributed by atoms with Gasteiger partial charge in [-0.1, -0.05) is 37.6 Å². The van der Waals surface area contributed by atoms with Crippen LogP contribution in [0.25, 0.3) is 10.9 Å². The number of aromatic nitrogens is 2. The molecule has 26 heavy (non-hydrogen) atoms. The normalized spacial score (nSPS) is 10.8. The van der Waals surface area contributed by atoms with Gasteiger partial charge in [0.2, 0.25) is 0 Å². The Hall–Kier alpha value is -2.35. The van der Waals surface area contributed by atoms with E-state index in [0.717, 1.165) is 31.0 Å². The molecule has 0 aliphatic carbocycles. The number of benzene rings is 1. The first-order chi connectivity index (χ1) is 12.5. The van der Waals surface area contributed by atoms with Gasteiger partial charge in [-0.3, -0.25) is 14.2 Å². The fraction of sp³-hybridized carbons (Fsp3) is 0.444. The third-order valence-corrected chi connectivity index (χ3v) is 4.72. The van der Waals surface area contributed by atoms with Crippen molar-refractivity contribution < 1.29 is 19.4 Å². The van der Waals surface area contributed by atoms with E-state index in [-0.39, 0.29) is 29.0 Å². The molecule has 7 nitrogen and oxygen atoms in total. The average molecular weight is 377 g/mol. The molecule has 0 amide bonds. The van der Waals surface area contributed by atoms with Crippen LogP contribution in [0.4, 0.5) is 0 Å². The number of carbonyl (C=O) groups excluding carboxylic acids is 2. The molecule has 2 aromatic rings. The number of carboxylic acid groups (broad SMARTS) is 1. The molecule has 0 N–H and O–H groups in total. The van der Waals surface area contributed by atoms with Crippen LogP contribution in [0.1, 0.15) is 43.5 Å². The Morgan fingerprint density at radius 1 is 1.27 bits per heavy atom. The quantitative estimate of drug-likeness (QED) is 0.283. The van der Waals surface area contributed by atoms with Crippen molar-refractivity contribution in [3.05, 3.63) is 34.1 Å². The fourth-order valence-corrected chi connectivity index (χ4v) is 3.30. The van der Waals surface area contributed by atoms with Crippen LogP contribution < -0.4 is 10.7 Å². The van der Waals surface area contributed by atoms with Crippen molar-refractivity contribution in [2.24, 2.45) is 0 Å². The Morgan fingerprint density at radius 2 is 2.04 bits per heavy atom. The van der Waals surface area contributed by atoms with Crippen LogP contribution in [0, 0.1) is 0 Å². The minimum Gasteiger partial charge on any atom is -0.545 e. The lowest BCUT2D eigenvalue weighted by Gasteiger charge is -2.13. The number of fused-ring (bicyclic) bond motifs is 1. The number of aromatic carboxylic acids is 1. The maximum Gasteiger partial charge on any atom is 0.316 e. The average Bonchev–Trinajstić information content (AvgIpc) is 2.62. The lowest BCUT2D eigenvalue weighted by atomic mass is 10.1. The van der Waals surface area contributed by atoms with E-state index in [0.29, 0.717) is 17.1 Å². The van der Waals surface area contributed by atoms with Crippen molar-refractivity contribution in [3.63, 3.8) is 0 Å². The van der Waals surface area contributed by atoms with E-state index in [2.05, 4.69) is 11.9 Å².